The van der Waals surface area contributed by atoms with Gasteiger partial charge in [0.25, 0.3) is 0 Å². The van der Waals surface area contributed by atoms with Crippen LogP contribution in [0.5, 0.6) is 11.5 Å². The lowest BCUT2D eigenvalue weighted by Gasteiger charge is -2.26. The monoisotopic (exact) mass is 279 g/mol. The first kappa shape index (κ1) is 14.7. The fourth-order valence-electron chi connectivity index (χ4n) is 1.89. The molecule has 20 heavy (non-hydrogen) atoms. The third-order valence-corrected chi connectivity index (χ3v) is 3.22. The van der Waals surface area contributed by atoms with E-state index in [-0.39, 0.29) is 6.61 Å². The van der Waals surface area contributed by atoms with Crippen molar-refractivity contribution in [2.45, 2.75) is 38.3 Å². The summed E-state index contributed by atoms with van der Waals surface area (Å²) in [4.78, 5) is 11.4. The fourth-order valence-corrected chi connectivity index (χ4v) is 1.89. The number of aliphatic carboxylic acids is 1. The Labute approximate surface area is 118 Å². The molecule has 1 atom stereocenters. The van der Waals surface area contributed by atoms with Crippen LogP contribution in [0.4, 0.5) is 0 Å². The first-order valence-corrected chi connectivity index (χ1v) is 6.90. The average molecular weight is 279 g/mol. The maximum Gasteiger partial charge on any atom is 0.327 e. The van der Waals surface area contributed by atoms with E-state index in [1.807, 2.05) is 19.1 Å². The lowest BCUT2D eigenvalue weighted by Crippen LogP contribution is -2.54. The molecule has 1 aliphatic carbocycles. The number of carboxylic acids is 1. The average Bonchev–Trinajstić information content (AvgIpc) is 3.21. The minimum absolute atomic E-state index is 0.0778. The third kappa shape index (κ3) is 3.87. The Balaban J connectivity index is 1.97. The third-order valence-electron chi connectivity index (χ3n) is 3.22. The Bertz CT molecular complexity index is 473. The molecule has 110 valence electrons. The van der Waals surface area contributed by atoms with Crippen LogP contribution < -0.4 is 14.8 Å². The quantitative estimate of drug-likeness (QED) is 0.762. The van der Waals surface area contributed by atoms with Gasteiger partial charge >= 0.3 is 5.97 Å². The molecule has 0 radical (unpaired) electrons. The summed E-state index contributed by atoms with van der Waals surface area (Å²) >= 11 is 0. The van der Waals surface area contributed by atoms with Crippen molar-refractivity contribution in [2.24, 2.45) is 0 Å². The predicted octanol–water partition coefficient (Wildman–Crippen LogP) is 2.06. The summed E-state index contributed by atoms with van der Waals surface area (Å²) in [5, 5.41) is 12.5. The first-order valence-electron chi connectivity index (χ1n) is 6.90. The largest absolute Gasteiger partial charge is 0.494 e. The van der Waals surface area contributed by atoms with Crippen LogP contribution in [0, 0.1) is 0 Å². The van der Waals surface area contributed by atoms with Crippen molar-refractivity contribution in [3.05, 3.63) is 24.3 Å². The molecule has 0 spiro atoms. The minimum Gasteiger partial charge on any atom is -0.494 e. The summed E-state index contributed by atoms with van der Waals surface area (Å²) in [5.74, 6) is 0.434. The van der Waals surface area contributed by atoms with Gasteiger partial charge in [0.1, 0.15) is 23.6 Å². The molecule has 1 aliphatic rings. The summed E-state index contributed by atoms with van der Waals surface area (Å²) in [5.41, 5.74) is -1.07. The SMILES string of the molecule is CCOc1cccc(OCC(C)(NC2CC2)C(=O)O)c1. The molecule has 5 heteroatoms. The Morgan fingerprint density at radius 1 is 1.40 bits per heavy atom. The molecule has 0 bridgehead atoms. The van der Waals surface area contributed by atoms with E-state index in [4.69, 9.17) is 9.47 Å². The summed E-state index contributed by atoms with van der Waals surface area (Å²) < 4.78 is 11.0. The van der Waals surface area contributed by atoms with Gasteiger partial charge in [0.05, 0.1) is 6.61 Å². The van der Waals surface area contributed by atoms with Crippen LogP contribution in [-0.2, 0) is 4.79 Å². The van der Waals surface area contributed by atoms with E-state index in [2.05, 4.69) is 5.32 Å². The van der Waals surface area contributed by atoms with Gasteiger partial charge in [-0.25, -0.2) is 0 Å². The molecular formula is C15H21NO4. The molecule has 0 aliphatic heterocycles. The second-order valence-corrected chi connectivity index (χ2v) is 5.25. The van der Waals surface area contributed by atoms with Gasteiger partial charge in [0.15, 0.2) is 0 Å². The van der Waals surface area contributed by atoms with E-state index in [0.717, 1.165) is 18.6 Å². The van der Waals surface area contributed by atoms with Crippen LogP contribution in [0.3, 0.4) is 0 Å². The van der Waals surface area contributed by atoms with E-state index < -0.39 is 11.5 Å². The van der Waals surface area contributed by atoms with Crippen molar-refractivity contribution >= 4 is 5.97 Å². The standard InChI is InChI=1S/C15H21NO4/c1-3-19-12-5-4-6-13(9-12)20-10-15(2,14(17)18)16-11-7-8-11/h4-6,9,11,16H,3,7-8,10H2,1-2H3,(H,17,18). The number of nitrogens with one attached hydrogen (secondary N) is 1. The lowest BCUT2D eigenvalue weighted by atomic mass is 10.0. The molecule has 1 fully saturated rings. The predicted molar refractivity (Wildman–Crippen MR) is 75.3 cm³/mol. The van der Waals surface area contributed by atoms with Crippen molar-refractivity contribution in [2.75, 3.05) is 13.2 Å². The molecule has 1 aromatic rings. The maximum atomic E-state index is 11.4. The van der Waals surface area contributed by atoms with Crippen LogP contribution in [-0.4, -0.2) is 35.9 Å². The number of carboxylic acid groups (broad SMARTS) is 1. The van der Waals surface area contributed by atoms with E-state index >= 15 is 0 Å². The van der Waals surface area contributed by atoms with Crippen LogP contribution in [0.2, 0.25) is 0 Å². The van der Waals surface area contributed by atoms with Gasteiger partial charge in [0, 0.05) is 12.1 Å². The van der Waals surface area contributed by atoms with E-state index in [1.54, 1.807) is 19.1 Å². The molecule has 0 amide bonds. The van der Waals surface area contributed by atoms with Crippen LogP contribution in [0.15, 0.2) is 24.3 Å². The highest BCUT2D eigenvalue weighted by atomic mass is 16.5. The Morgan fingerprint density at radius 2 is 2.05 bits per heavy atom. The van der Waals surface area contributed by atoms with Gasteiger partial charge in [-0.3, -0.25) is 10.1 Å². The molecule has 2 N–H and O–H groups in total. The molecule has 5 nitrogen and oxygen atoms in total. The Morgan fingerprint density at radius 3 is 2.60 bits per heavy atom. The highest BCUT2D eigenvalue weighted by molar-refractivity contribution is 5.78. The van der Waals surface area contributed by atoms with Crippen molar-refractivity contribution in [1.82, 2.24) is 5.32 Å². The van der Waals surface area contributed by atoms with Crippen LogP contribution >= 0.6 is 0 Å². The normalized spacial score (nSPS) is 17.3. The van der Waals surface area contributed by atoms with E-state index in [0.29, 0.717) is 18.4 Å². The molecule has 0 saturated heterocycles. The van der Waals surface area contributed by atoms with Crippen molar-refractivity contribution in [3.8, 4) is 11.5 Å². The molecule has 1 aromatic carbocycles. The van der Waals surface area contributed by atoms with Crippen molar-refractivity contribution in [3.63, 3.8) is 0 Å². The molecule has 1 unspecified atom stereocenters. The molecule has 0 heterocycles. The number of hydrogen-bond donors (Lipinski definition) is 2. The van der Waals surface area contributed by atoms with Gasteiger partial charge in [-0.1, -0.05) is 6.07 Å². The number of hydrogen-bond acceptors (Lipinski definition) is 4. The molecule has 1 saturated carbocycles. The summed E-state index contributed by atoms with van der Waals surface area (Å²) in [6.07, 6.45) is 2.06. The van der Waals surface area contributed by atoms with Crippen LogP contribution in [0.1, 0.15) is 26.7 Å². The molecule has 0 aromatic heterocycles. The van der Waals surface area contributed by atoms with E-state index in [9.17, 15) is 9.90 Å². The fraction of sp³-hybridized carbons (Fsp3) is 0.533. The van der Waals surface area contributed by atoms with Gasteiger partial charge in [-0.2, -0.15) is 0 Å². The lowest BCUT2D eigenvalue weighted by molar-refractivity contribution is -0.145. The summed E-state index contributed by atoms with van der Waals surface area (Å²) in [6.45, 7) is 4.22. The highest BCUT2D eigenvalue weighted by Gasteiger charge is 2.39. The Hall–Kier alpha value is -1.75. The Kier molecular flexibility index (Phi) is 4.49. The molecular weight excluding hydrogens is 258 g/mol. The van der Waals surface area contributed by atoms with Crippen molar-refractivity contribution < 1.29 is 19.4 Å². The summed E-state index contributed by atoms with van der Waals surface area (Å²) in [6, 6.07) is 7.53. The van der Waals surface area contributed by atoms with Gasteiger partial charge in [-0.15, -0.1) is 0 Å². The second kappa shape index (κ2) is 6.13. The number of rotatable bonds is 8. The minimum atomic E-state index is -1.07. The number of ether oxygens (including phenoxy) is 2. The maximum absolute atomic E-state index is 11.4. The van der Waals surface area contributed by atoms with Gasteiger partial charge in [0.2, 0.25) is 0 Å². The summed E-state index contributed by atoms with van der Waals surface area (Å²) in [7, 11) is 0. The van der Waals surface area contributed by atoms with E-state index in [1.165, 1.54) is 0 Å². The number of benzene rings is 1. The zero-order chi connectivity index (χ0) is 14.6. The van der Waals surface area contributed by atoms with Gasteiger partial charge in [-0.05, 0) is 38.8 Å². The topological polar surface area (TPSA) is 67.8 Å². The second-order valence-electron chi connectivity index (χ2n) is 5.25. The highest BCUT2D eigenvalue weighted by Crippen LogP contribution is 2.24. The van der Waals surface area contributed by atoms with Crippen LogP contribution in [0.25, 0.3) is 0 Å². The zero-order valence-corrected chi connectivity index (χ0v) is 11.9. The zero-order valence-electron chi connectivity index (χ0n) is 11.9. The smallest absolute Gasteiger partial charge is 0.327 e. The van der Waals surface area contributed by atoms with Crippen molar-refractivity contribution in [1.29, 1.82) is 0 Å². The van der Waals surface area contributed by atoms with Gasteiger partial charge < -0.3 is 14.6 Å². The first-order chi connectivity index (χ1) is 9.53. The number of carbonyl (C=O) groups is 1. The molecule has 2 rings (SSSR count).